The topological polar surface area (TPSA) is 21.3 Å². The van der Waals surface area contributed by atoms with Gasteiger partial charge in [0.25, 0.3) is 0 Å². The molecule has 1 heterocycles. The molecule has 1 aromatic carbocycles. The van der Waals surface area contributed by atoms with E-state index < -0.39 is 5.51 Å². The van der Waals surface area contributed by atoms with Crippen molar-refractivity contribution in [3.8, 4) is 5.75 Å². The summed E-state index contributed by atoms with van der Waals surface area (Å²) in [6.45, 7) is 1.37. The fourth-order valence-electron chi connectivity index (χ4n) is 1.94. The van der Waals surface area contributed by atoms with Gasteiger partial charge in [-0.3, -0.25) is 0 Å². The maximum absolute atomic E-state index is 11.9. The molecular weight excluding hydrogens is 299 g/mol. The maximum Gasteiger partial charge on any atom is 0.441 e. The summed E-state index contributed by atoms with van der Waals surface area (Å²) in [7, 11) is 0. The first-order chi connectivity index (χ1) is 8.96. The van der Waals surface area contributed by atoms with E-state index in [-0.39, 0.29) is 24.1 Å². The minimum atomic E-state index is -4.16. The third kappa shape index (κ3) is 4.47. The number of hydrogen-bond donors (Lipinski definition) is 1. The molecule has 0 bridgehead atoms. The number of hydrogen-bond acceptors (Lipinski definition) is 3. The molecule has 0 aromatic heterocycles. The first-order valence-corrected chi connectivity index (χ1v) is 7.17. The molecule has 0 saturated heterocycles. The minimum absolute atomic E-state index is 0.00683. The van der Waals surface area contributed by atoms with E-state index in [2.05, 4.69) is 5.32 Å². The largest absolute Gasteiger partial charge is 0.493 e. The molecule has 0 fully saturated rings. The molecule has 0 amide bonds. The normalized spacial score (nSPS) is 14.3. The standard InChI is InChI=1S/C12H13ClF3NOS/c13-10-5-8-1-3-18-11(8)9(6-10)7-17-2-4-19-12(14,15)16/h5-6,17H,1-4,7H2. The van der Waals surface area contributed by atoms with E-state index in [1.54, 1.807) is 6.07 Å². The monoisotopic (exact) mass is 311 g/mol. The van der Waals surface area contributed by atoms with Crippen LogP contribution in [0.5, 0.6) is 5.75 Å². The van der Waals surface area contributed by atoms with Crippen molar-refractivity contribution in [3.05, 3.63) is 28.3 Å². The Kier molecular flexibility index (Phi) is 4.86. The van der Waals surface area contributed by atoms with Crippen molar-refractivity contribution in [1.29, 1.82) is 0 Å². The molecule has 0 aliphatic carbocycles. The van der Waals surface area contributed by atoms with Crippen LogP contribution in [0.3, 0.4) is 0 Å². The van der Waals surface area contributed by atoms with E-state index in [0.29, 0.717) is 18.2 Å². The van der Waals surface area contributed by atoms with Crippen LogP contribution in [0.1, 0.15) is 11.1 Å². The summed E-state index contributed by atoms with van der Waals surface area (Å²) in [6.07, 6.45) is 0.826. The van der Waals surface area contributed by atoms with Gasteiger partial charge in [-0.2, -0.15) is 13.2 Å². The molecule has 0 spiro atoms. The Morgan fingerprint density at radius 3 is 2.89 bits per heavy atom. The van der Waals surface area contributed by atoms with Gasteiger partial charge < -0.3 is 10.1 Å². The number of rotatable bonds is 5. The summed E-state index contributed by atoms with van der Waals surface area (Å²) >= 11 is 5.97. The minimum Gasteiger partial charge on any atom is -0.493 e. The highest BCUT2D eigenvalue weighted by atomic mass is 35.5. The van der Waals surface area contributed by atoms with Crippen molar-refractivity contribution in [2.24, 2.45) is 0 Å². The van der Waals surface area contributed by atoms with Gasteiger partial charge in [0.05, 0.1) is 6.61 Å². The summed E-state index contributed by atoms with van der Waals surface area (Å²) in [5.74, 6) is 0.813. The maximum atomic E-state index is 11.9. The van der Waals surface area contributed by atoms with E-state index in [4.69, 9.17) is 16.3 Å². The number of alkyl halides is 3. The molecule has 106 valence electrons. The molecule has 2 nitrogen and oxygen atoms in total. The van der Waals surface area contributed by atoms with Crippen LogP contribution in [0.15, 0.2) is 12.1 Å². The van der Waals surface area contributed by atoms with Crippen LogP contribution in [-0.4, -0.2) is 24.4 Å². The lowest BCUT2D eigenvalue weighted by Crippen LogP contribution is -2.18. The summed E-state index contributed by atoms with van der Waals surface area (Å²) < 4.78 is 41.3. The Balaban J connectivity index is 1.84. The first-order valence-electron chi connectivity index (χ1n) is 5.81. The predicted molar refractivity (Wildman–Crippen MR) is 70.9 cm³/mol. The summed E-state index contributed by atoms with van der Waals surface area (Å²) in [5, 5.41) is 3.60. The lowest BCUT2D eigenvalue weighted by Gasteiger charge is -2.10. The van der Waals surface area contributed by atoms with Gasteiger partial charge in [-0.25, -0.2) is 0 Å². The van der Waals surface area contributed by atoms with Crippen LogP contribution >= 0.6 is 23.4 Å². The second-order valence-corrected chi connectivity index (χ2v) is 5.72. The fourth-order valence-corrected chi connectivity index (χ4v) is 2.68. The van der Waals surface area contributed by atoms with Crippen LogP contribution in [0, 0.1) is 0 Å². The Morgan fingerprint density at radius 2 is 2.16 bits per heavy atom. The number of ether oxygens (including phenoxy) is 1. The van der Waals surface area contributed by atoms with E-state index in [1.165, 1.54) is 0 Å². The number of fused-ring (bicyclic) bond motifs is 1. The highest BCUT2D eigenvalue weighted by molar-refractivity contribution is 8.00. The highest BCUT2D eigenvalue weighted by Gasteiger charge is 2.27. The molecule has 1 aliphatic rings. The number of benzene rings is 1. The molecule has 1 aliphatic heterocycles. The second-order valence-electron chi connectivity index (χ2n) is 4.12. The van der Waals surface area contributed by atoms with E-state index in [1.807, 2.05) is 6.07 Å². The van der Waals surface area contributed by atoms with Crippen LogP contribution < -0.4 is 10.1 Å². The van der Waals surface area contributed by atoms with Crippen LogP contribution in [0.25, 0.3) is 0 Å². The van der Waals surface area contributed by atoms with Crippen LogP contribution in [0.4, 0.5) is 13.2 Å². The van der Waals surface area contributed by atoms with Crippen LogP contribution in [0.2, 0.25) is 5.02 Å². The van der Waals surface area contributed by atoms with Gasteiger partial charge in [0.15, 0.2) is 0 Å². The average molecular weight is 312 g/mol. The molecule has 7 heteroatoms. The average Bonchev–Trinajstić information content (AvgIpc) is 2.74. The molecule has 1 N–H and O–H groups in total. The lowest BCUT2D eigenvalue weighted by molar-refractivity contribution is -0.0327. The zero-order chi connectivity index (χ0) is 13.9. The third-order valence-corrected chi connectivity index (χ3v) is 3.64. The summed E-state index contributed by atoms with van der Waals surface area (Å²) in [5.41, 5.74) is -2.20. The molecule has 0 radical (unpaired) electrons. The Morgan fingerprint density at radius 1 is 1.37 bits per heavy atom. The van der Waals surface area contributed by atoms with Gasteiger partial charge in [-0.05, 0) is 29.5 Å². The molecule has 1 aromatic rings. The summed E-state index contributed by atoms with van der Waals surface area (Å²) in [4.78, 5) is 0. The van der Waals surface area contributed by atoms with Gasteiger partial charge in [0, 0.05) is 35.8 Å². The van der Waals surface area contributed by atoms with Gasteiger partial charge in [0.2, 0.25) is 0 Å². The lowest BCUT2D eigenvalue weighted by atomic mass is 10.1. The molecule has 19 heavy (non-hydrogen) atoms. The Labute approximate surface area is 118 Å². The molecule has 0 saturated carbocycles. The van der Waals surface area contributed by atoms with Gasteiger partial charge >= 0.3 is 5.51 Å². The number of nitrogens with one attached hydrogen (secondary N) is 1. The third-order valence-electron chi connectivity index (χ3n) is 2.69. The zero-order valence-corrected chi connectivity index (χ0v) is 11.6. The number of thioether (sulfide) groups is 1. The first kappa shape index (κ1) is 14.8. The van der Waals surface area contributed by atoms with Gasteiger partial charge in [-0.15, -0.1) is 0 Å². The van der Waals surface area contributed by atoms with Crippen molar-refractivity contribution in [1.82, 2.24) is 5.32 Å². The van der Waals surface area contributed by atoms with Crippen molar-refractivity contribution in [3.63, 3.8) is 0 Å². The molecule has 0 atom stereocenters. The van der Waals surface area contributed by atoms with E-state index in [9.17, 15) is 13.2 Å². The fraction of sp³-hybridized carbons (Fsp3) is 0.500. The molecular formula is C12H13ClF3NOS. The van der Waals surface area contributed by atoms with Crippen LogP contribution in [-0.2, 0) is 13.0 Å². The number of halogens is 4. The van der Waals surface area contributed by atoms with Crippen molar-refractivity contribution in [2.45, 2.75) is 18.5 Å². The molecule has 2 rings (SSSR count). The van der Waals surface area contributed by atoms with Crippen molar-refractivity contribution in [2.75, 3.05) is 18.9 Å². The zero-order valence-electron chi connectivity index (χ0n) is 10.0. The highest BCUT2D eigenvalue weighted by Crippen LogP contribution is 2.33. The SMILES string of the molecule is FC(F)(F)SCCNCc1cc(Cl)cc2c1OCC2. The summed E-state index contributed by atoms with van der Waals surface area (Å²) in [6, 6.07) is 3.66. The Hall–Kier alpha value is -0.590. The van der Waals surface area contributed by atoms with E-state index in [0.717, 1.165) is 23.3 Å². The molecule has 0 unspecified atom stereocenters. The van der Waals surface area contributed by atoms with E-state index >= 15 is 0 Å². The van der Waals surface area contributed by atoms with Crippen molar-refractivity contribution < 1.29 is 17.9 Å². The Bertz CT molecular complexity index is 453. The predicted octanol–water partition coefficient (Wildman–Crippen LogP) is 3.62. The smallest absolute Gasteiger partial charge is 0.441 e. The van der Waals surface area contributed by atoms with Gasteiger partial charge in [-0.1, -0.05) is 11.6 Å². The second kappa shape index (κ2) is 6.24. The van der Waals surface area contributed by atoms with Crippen molar-refractivity contribution >= 4 is 23.4 Å². The van der Waals surface area contributed by atoms with Gasteiger partial charge in [0.1, 0.15) is 5.75 Å². The quantitative estimate of drug-likeness (QED) is 0.839.